The first kappa shape index (κ1) is 16.1. The van der Waals surface area contributed by atoms with Gasteiger partial charge in [0.15, 0.2) is 5.84 Å². The summed E-state index contributed by atoms with van der Waals surface area (Å²) in [6.45, 7) is 4.01. The van der Waals surface area contributed by atoms with Crippen molar-refractivity contribution in [3.8, 4) is 0 Å². The van der Waals surface area contributed by atoms with Crippen LogP contribution in [0.5, 0.6) is 0 Å². The molecule has 0 aliphatic carbocycles. The zero-order chi connectivity index (χ0) is 15.9. The van der Waals surface area contributed by atoms with E-state index < -0.39 is 5.97 Å². The van der Waals surface area contributed by atoms with E-state index in [-0.39, 0.29) is 5.84 Å². The fourth-order valence-corrected chi connectivity index (χ4v) is 2.63. The third-order valence-corrected chi connectivity index (χ3v) is 3.94. The molecule has 114 valence electrons. The van der Waals surface area contributed by atoms with Crippen LogP contribution in [0, 0.1) is 6.92 Å². The van der Waals surface area contributed by atoms with E-state index in [0.29, 0.717) is 5.56 Å². The summed E-state index contributed by atoms with van der Waals surface area (Å²) in [5.41, 5.74) is 8.17. The molecule has 22 heavy (non-hydrogen) atoms. The lowest BCUT2D eigenvalue weighted by atomic mass is 10.1. The molecule has 2 N–H and O–H groups in total. The van der Waals surface area contributed by atoms with E-state index in [0.717, 1.165) is 21.8 Å². The van der Waals surface area contributed by atoms with Crippen LogP contribution in [-0.4, -0.2) is 17.6 Å². The summed E-state index contributed by atoms with van der Waals surface area (Å²) in [7, 11) is 0. The van der Waals surface area contributed by atoms with Gasteiger partial charge in [-0.3, -0.25) is 0 Å². The zero-order valence-corrected chi connectivity index (χ0v) is 13.4. The van der Waals surface area contributed by atoms with Gasteiger partial charge in [-0.1, -0.05) is 54.0 Å². The first-order valence-electron chi connectivity index (χ1n) is 6.95. The standard InChI is InChI=1S/C17H18N2O2S/c1-3-22-15-7-5-4-6-14(15)17(20)21-19-16(18)13-10-8-12(2)9-11-13/h4-11H,3H2,1-2H3,(H2,18,19). The molecule has 0 unspecified atom stereocenters. The highest BCUT2D eigenvalue weighted by molar-refractivity contribution is 7.99. The Labute approximate surface area is 134 Å². The van der Waals surface area contributed by atoms with Gasteiger partial charge in [0.25, 0.3) is 0 Å². The molecule has 0 saturated heterocycles. The minimum absolute atomic E-state index is 0.175. The smallest absolute Gasteiger partial charge is 0.366 e. The predicted octanol–water partition coefficient (Wildman–Crippen LogP) is 3.58. The molecule has 2 aromatic carbocycles. The molecule has 4 nitrogen and oxygen atoms in total. The summed E-state index contributed by atoms with van der Waals surface area (Å²) >= 11 is 1.58. The van der Waals surface area contributed by atoms with Crippen LogP contribution in [-0.2, 0) is 4.84 Å². The number of hydrogen-bond donors (Lipinski definition) is 1. The highest BCUT2D eigenvalue weighted by Gasteiger charge is 2.13. The second kappa shape index (κ2) is 7.66. The summed E-state index contributed by atoms with van der Waals surface area (Å²) < 4.78 is 0. The molecule has 0 fully saturated rings. The number of thioether (sulfide) groups is 1. The lowest BCUT2D eigenvalue weighted by molar-refractivity contribution is 0.0512. The van der Waals surface area contributed by atoms with Gasteiger partial charge < -0.3 is 10.6 Å². The van der Waals surface area contributed by atoms with E-state index in [1.54, 1.807) is 23.9 Å². The summed E-state index contributed by atoms with van der Waals surface area (Å²) in [5.74, 6) is 0.541. The van der Waals surface area contributed by atoms with Crippen LogP contribution in [0.4, 0.5) is 0 Å². The maximum atomic E-state index is 12.1. The van der Waals surface area contributed by atoms with E-state index >= 15 is 0 Å². The number of benzene rings is 2. The van der Waals surface area contributed by atoms with E-state index in [1.807, 2.05) is 50.2 Å². The van der Waals surface area contributed by atoms with Gasteiger partial charge >= 0.3 is 5.97 Å². The molecule has 0 aromatic heterocycles. The molecule has 0 heterocycles. The van der Waals surface area contributed by atoms with Gasteiger partial charge in [0.2, 0.25) is 0 Å². The van der Waals surface area contributed by atoms with Crippen LogP contribution in [0.25, 0.3) is 0 Å². The quantitative estimate of drug-likeness (QED) is 0.301. The number of amidine groups is 1. The number of nitrogens with two attached hydrogens (primary N) is 1. The van der Waals surface area contributed by atoms with Gasteiger partial charge in [-0.05, 0) is 24.8 Å². The first-order valence-corrected chi connectivity index (χ1v) is 7.94. The second-order valence-electron chi connectivity index (χ2n) is 4.65. The highest BCUT2D eigenvalue weighted by Crippen LogP contribution is 2.22. The zero-order valence-electron chi connectivity index (χ0n) is 12.6. The fourth-order valence-electron chi connectivity index (χ4n) is 1.83. The number of aryl methyl sites for hydroxylation is 1. The summed E-state index contributed by atoms with van der Waals surface area (Å²) in [6, 6.07) is 14.8. The van der Waals surface area contributed by atoms with Crippen molar-refractivity contribution in [1.29, 1.82) is 0 Å². The van der Waals surface area contributed by atoms with Crippen LogP contribution in [0.3, 0.4) is 0 Å². The Bertz CT molecular complexity index is 681. The lowest BCUT2D eigenvalue weighted by Crippen LogP contribution is -2.15. The van der Waals surface area contributed by atoms with Gasteiger partial charge in [0.1, 0.15) is 0 Å². The molecule has 0 radical (unpaired) electrons. The molecule has 0 aliphatic rings. The average molecular weight is 314 g/mol. The summed E-state index contributed by atoms with van der Waals surface area (Å²) in [6.07, 6.45) is 0. The van der Waals surface area contributed by atoms with Gasteiger partial charge in [0, 0.05) is 10.5 Å². The first-order chi connectivity index (χ1) is 10.6. The Morgan fingerprint density at radius 3 is 2.55 bits per heavy atom. The summed E-state index contributed by atoms with van der Waals surface area (Å²) in [5, 5.41) is 3.74. The molecule has 5 heteroatoms. The Morgan fingerprint density at radius 1 is 1.18 bits per heavy atom. The Hall–Kier alpha value is -2.27. The topological polar surface area (TPSA) is 64.7 Å². The largest absolute Gasteiger partial charge is 0.380 e. The third kappa shape index (κ3) is 4.11. The number of carbonyl (C=O) groups excluding carboxylic acids is 1. The van der Waals surface area contributed by atoms with Crippen molar-refractivity contribution in [3.05, 3.63) is 65.2 Å². The Kier molecular flexibility index (Phi) is 5.61. The number of nitrogens with zero attached hydrogens (tertiary/aromatic N) is 1. The normalized spacial score (nSPS) is 11.3. The maximum absolute atomic E-state index is 12.1. The molecular weight excluding hydrogens is 296 g/mol. The van der Waals surface area contributed by atoms with Crippen molar-refractivity contribution in [2.24, 2.45) is 10.9 Å². The minimum Gasteiger partial charge on any atom is -0.380 e. The van der Waals surface area contributed by atoms with Crippen molar-refractivity contribution in [2.75, 3.05) is 5.75 Å². The Morgan fingerprint density at radius 2 is 1.86 bits per heavy atom. The van der Waals surface area contributed by atoms with E-state index in [1.165, 1.54) is 0 Å². The van der Waals surface area contributed by atoms with Crippen LogP contribution in [0.2, 0.25) is 0 Å². The minimum atomic E-state index is -0.508. The lowest BCUT2D eigenvalue weighted by Gasteiger charge is -2.06. The molecule has 0 bridgehead atoms. The van der Waals surface area contributed by atoms with Crippen molar-refractivity contribution in [3.63, 3.8) is 0 Å². The fraction of sp³-hybridized carbons (Fsp3) is 0.176. The number of rotatable bonds is 5. The third-order valence-electron chi connectivity index (χ3n) is 2.98. The molecule has 0 spiro atoms. The number of hydrogen-bond acceptors (Lipinski definition) is 4. The number of oxime groups is 1. The van der Waals surface area contributed by atoms with Crippen molar-refractivity contribution in [2.45, 2.75) is 18.7 Å². The number of carbonyl (C=O) groups is 1. The monoisotopic (exact) mass is 314 g/mol. The van der Waals surface area contributed by atoms with Crippen LogP contribution in [0.1, 0.15) is 28.4 Å². The van der Waals surface area contributed by atoms with E-state index in [2.05, 4.69) is 5.16 Å². The molecular formula is C17H18N2O2S. The van der Waals surface area contributed by atoms with Gasteiger partial charge in [0.05, 0.1) is 5.56 Å². The Balaban J connectivity index is 2.12. The van der Waals surface area contributed by atoms with Crippen molar-refractivity contribution < 1.29 is 9.63 Å². The van der Waals surface area contributed by atoms with Gasteiger partial charge in [-0.15, -0.1) is 11.8 Å². The SMILES string of the molecule is CCSc1ccccc1C(=O)O/N=C(/N)c1ccc(C)cc1. The van der Waals surface area contributed by atoms with Gasteiger partial charge in [-0.25, -0.2) is 4.79 Å². The molecule has 2 rings (SSSR count). The van der Waals surface area contributed by atoms with Crippen molar-refractivity contribution in [1.82, 2.24) is 0 Å². The predicted molar refractivity (Wildman–Crippen MR) is 90.2 cm³/mol. The molecule has 0 aliphatic heterocycles. The van der Waals surface area contributed by atoms with E-state index in [4.69, 9.17) is 10.6 Å². The van der Waals surface area contributed by atoms with Gasteiger partial charge in [-0.2, -0.15) is 0 Å². The molecule has 0 atom stereocenters. The molecule has 2 aromatic rings. The highest BCUT2D eigenvalue weighted by atomic mass is 32.2. The van der Waals surface area contributed by atoms with E-state index in [9.17, 15) is 4.79 Å². The average Bonchev–Trinajstić information content (AvgIpc) is 2.54. The van der Waals surface area contributed by atoms with Crippen LogP contribution in [0.15, 0.2) is 58.6 Å². The van der Waals surface area contributed by atoms with Crippen molar-refractivity contribution >= 4 is 23.6 Å². The molecule has 0 amide bonds. The molecule has 0 saturated carbocycles. The van der Waals surface area contributed by atoms with Crippen LogP contribution >= 0.6 is 11.8 Å². The van der Waals surface area contributed by atoms with Crippen LogP contribution < -0.4 is 5.73 Å². The second-order valence-corrected chi connectivity index (χ2v) is 5.96. The summed E-state index contributed by atoms with van der Waals surface area (Å²) in [4.78, 5) is 18.0. The maximum Gasteiger partial charge on any atom is 0.366 e.